The first-order valence-electron chi connectivity index (χ1n) is 6.05. The molecule has 0 bridgehead atoms. The number of rotatable bonds is 5. The molecule has 19 heavy (non-hydrogen) atoms. The third-order valence-corrected chi connectivity index (χ3v) is 2.86. The van der Waals surface area contributed by atoms with E-state index in [0.29, 0.717) is 12.2 Å². The largest absolute Gasteiger partial charge is 0.397 e. The molecule has 0 aliphatic rings. The zero-order valence-corrected chi connectivity index (χ0v) is 11.4. The Bertz CT molecular complexity index is 452. The number of carbonyl (C=O) groups excluding carboxylic acids is 1. The van der Waals surface area contributed by atoms with Crippen molar-refractivity contribution in [2.24, 2.45) is 0 Å². The Morgan fingerprint density at radius 2 is 2.16 bits per heavy atom. The van der Waals surface area contributed by atoms with Crippen molar-refractivity contribution in [3.05, 3.63) is 24.0 Å². The quantitative estimate of drug-likeness (QED) is 0.698. The van der Waals surface area contributed by atoms with Crippen molar-refractivity contribution < 1.29 is 14.3 Å². The Morgan fingerprint density at radius 1 is 1.53 bits per heavy atom. The van der Waals surface area contributed by atoms with Gasteiger partial charge in [-0.1, -0.05) is 0 Å². The van der Waals surface area contributed by atoms with Crippen LogP contribution in [-0.2, 0) is 4.79 Å². The van der Waals surface area contributed by atoms with E-state index in [1.807, 2.05) is 0 Å². The van der Waals surface area contributed by atoms with E-state index in [1.54, 1.807) is 25.8 Å². The number of anilines is 2. The molecule has 6 heteroatoms. The Morgan fingerprint density at radius 3 is 2.68 bits per heavy atom. The molecule has 1 aromatic rings. The van der Waals surface area contributed by atoms with Crippen molar-refractivity contribution in [2.75, 3.05) is 24.6 Å². The van der Waals surface area contributed by atoms with Gasteiger partial charge in [-0.3, -0.25) is 9.69 Å². The molecule has 4 N–H and O–H groups in total. The predicted molar refractivity (Wildman–Crippen MR) is 73.2 cm³/mol. The maximum absolute atomic E-state index is 12.9. The van der Waals surface area contributed by atoms with Crippen LogP contribution in [0.25, 0.3) is 0 Å². The molecule has 0 saturated carbocycles. The number of aliphatic hydroxyl groups excluding tert-OH is 1. The first-order valence-corrected chi connectivity index (χ1v) is 6.05. The molecule has 106 valence electrons. The molecule has 0 spiro atoms. The van der Waals surface area contributed by atoms with Crippen LogP contribution < -0.4 is 11.1 Å². The average molecular weight is 269 g/mol. The number of nitrogen functional groups attached to an aromatic ring is 1. The van der Waals surface area contributed by atoms with Gasteiger partial charge in [-0.15, -0.1) is 0 Å². The number of benzene rings is 1. The van der Waals surface area contributed by atoms with Crippen LogP contribution in [0.2, 0.25) is 0 Å². The van der Waals surface area contributed by atoms with Gasteiger partial charge in [0.25, 0.3) is 0 Å². The summed E-state index contributed by atoms with van der Waals surface area (Å²) in [5, 5.41) is 11.9. The van der Waals surface area contributed by atoms with Crippen LogP contribution in [0.3, 0.4) is 0 Å². The molecule has 0 aliphatic carbocycles. The van der Waals surface area contributed by atoms with E-state index in [2.05, 4.69) is 5.32 Å². The van der Waals surface area contributed by atoms with Crippen molar-refractivity contribution in [3.63, 3.8) is 0 Å². The number of aliphatic hydroxyl groups is 1. The minimum absolute atomic E-state index is 0.179. The summed E-state index contributed by atoms with van der Waals surface area (Å²) < 4.78 is 12.9. The summed E-state index contributed by atoms with van der Waals surface area (Å²) in [6.07, 6.45) is -0.517. The van der Waals surface area contributed by atoms with Crippen LogP contribution >= 0.6 is 0 Å². The second kappa shape index (κ2) is 6.49. The van der Waals surface area contributed by atoms with Gasteiger partial charge in [0.05, 0.1) is 23.5 Å². The molecule has 0 aromatic heterocycles. The lowest BCUT2D eigenvalue weighted by Crippen LogP contribution is -2.42. The number of likely N-dealkylation sites (N-methyl/N-ethyl adjacent to an activating group) is 1. The molecule has 1 amide bonds. The minimum atomic E-state index is -0.517. The highest BCUT2D eigenvalue weighted by Gasteiger charge is 2.19. The van der Waals surface area contributed by atoms with Crippen molar-refractivity contribution >= 4 is 17.3 Å². The second-order valence-electron chi connectivity index (χ2n) is 4.69. The summed E-state index contributed by atoms with van der Waals surface area (Å²) in [6.45, 7) is 3.75. The lowest BCUT2D eigenvalue weighted by Gasteiger charge is -2.25. The Kier molecular flexibility index (Phi) is 5.26. The number of nitrogens with one attached hydrogen (secondary N) is 1. The SMILES string of the molecule is CC(O)CN(C)C(C)C(=O)Nc1ccc(F)cc1N. The topological polar surface area (TPSA) is 78.6 Å². The highest BCUT2D eigenvalue weighted by Crippen LogP contribution is 2.19. The highest BCUT2D eigenvalue weighted by atomic mass is 19.1. The van der Waals surface area contributed by atoms with Crippen LogP contribution in [0.4, 0.5) is 15.8 Å². The lowest BCUT2D eigenvalue weighted by molar-refractivity contribution is -0.120. The third kappa shape index (κ3) is 4.50. The molecular formula is C13H20FN3O2. The number of carbonyl (C=O) groups is 1. The normalized spacial score (nSPS) is 14.2. The molecule has 0 saturated heterocycles. The fourth-order valence-corrected chi connectivity index (χ4v) is 1.66. The first-order chi connectivity index (χ1) is 8.81. The van der Waals surface area contributed by atoms with E-state index in [1.165, 1.54) is 12.1 Å². The Hall–Kier alpha value is -1.66. The number of nitrogens with zero attached hydrogens (tertiary/aromatic N) is 1. The van der Waals surface area contributed by atoms with Crippen molar-refractivity contribution in [1.82, 2.24) is 4.90 Å². The fraction of sp³-hybridized carbons (Fsp3) is 0.462. The van der Waals surface area contributed by atoms with Gasteiger partial charge in [0.15, 0.2) is 0 Å². The van der Waals surface area contributed by atoms with Gasteiger partial charge >= 0.3 is 0 Å². The predicted octanol–water partition coefficient (Wildman–Crippen LogP) is 1.05. The Labute approximate surface area is 112 Å². The summed E-state index contributed by atoms with van der Waals surface area (Å²) in [5.74, 6) is -0.712. The Balaban J connectivity index is 2.68. The number of hydrogen-bond acceptors (Lipinski definition) is 4. The monoisotopic (exact) mass is 269 g/mol. The summed E-state index contributed by atoms with van der Waals surface area (Å²) >= 11 is 0. The van der Waals surface area contributed by atoms with Crippen molar-refractivity contribution in [2.45, 2.75) is 26.0 Å². The minimum Gasteiger partial charge on any atom is -0.397 e. The van der Waals surface area contributed by atoms with Crippen LogP contribution in [0.1, 0.15) is 13.8 Å². The van der Waals surface area contributed by atoms with Crippen LogP contribution in [0.15, 0.2) is 18.2 Å². The number of hydrogen-bond donors (Lipinski definition) is 3. The molecule has 5 nitrogen and oxygen atoms in total. The lowest BCUT2D eigenvalue weighted by atomic mass is 10.2. The molecule has 1 aromatic carbocycles. The molecule has 0 aliphatic heterocycles. The van der Waals surface area contributed by atoms with Crippen LogP contribution in [0, 0.1) is 5.82 Å². The van der Waals surface area contributed by atoms with E-state index in [0.717, 1.165) is 6.07 Å². The molecular weight excluding hydrogens is 249 g/mol. The van der Waals surface area contributed by atoms with E-state index in [4.69, 9.17) is 5.73 Å². The maximum Gasteiger partial charge on any atom is 0.241 e. The number of amides is 1. The molecule has 0 fully saturated rings. The van der Waals surface area contributed by atoms with Gasteiger partial charge in [-0.2, -0.15) is 0 Å². The first kappa shape index (κ1) is 15.4. The van der Waals surface area contributed by atoms with Crippen LogP contribution in [0.5, 0.6) is 0 Å². The van der Waals surface area contributed by atoms with E-state index < -0.39 is 18.0 Å². The van der Waals surface area contributed by atoms with Gasteiger partial charge in [-0.05, 0) is 39.1 Å². The maximum atomic E-state index is 12.9. The van der Waals surface area contributed by atoms with Gasteiger partial charge in [0, 0.05) is 6.54 Å². The van der Waals surface area contributed by atoms with Gasteiger partial charge in [0.1, 0.15) is 5.82 Å². The smallest absolute Gasteiger partial charge is 0.241 e. The third-order valence-electron chi connectivity index (χ3n) is 2.86. The molecule has 0 heterocycles. The summed E-state index contributed by atoms with van der Waals surface area (Å²) in [4.78, 5) is 13.7. The van der Waals surface area contributed by atoms with E-state index >= 15 is 0 Å². The zero-order valence-electron chi connectivity index (χ0n) is 11.4. The second-order valence-corrected chi connectivity index (χ2v) is 4.69. The van der Waals surface area contributed by atoms with Gasteiger partial charge in [-0.25, -0.2) is 4.39 Å². The van der Waals surface area contributed by atoms with Gasteiger partial charge < -0.3 is 16.2 Å². The molecule has 0 radical (unpaired) electrons. The highest BCUT2D eigenvalue weighted by molar-refractivity contribution is 5.97. The number of halogens is 1. The van der Waals surface area contributed by atoms with Crippen LogP contribution in [-0.4, -0.2) is 41.7 Å². The number of nitrogens with two attached hydrogens (primary N) is 1. The van der Waals surface area contributed by atoms with E-state index in [-0.39, 0.29) is 11.6 Å². The zero-order chi connectivity index (χ0) is 14.6. The molecule has 1 rings (SSSR count). The van der Waals surface area contributed by atoms with E-state index in [9.17, 15) is 14.3 Å². The average Bonchev–Trinajstić information content (AvgIpc) is 2.30. The fourth-order valence-electron chi connectivity index (χ4n) is 1.66. The standard InChI is InChI=1S/C13H20FN3O2/c1-8(18)7-17(3)9(2)13(19)16-12-5-4-10(14)6-11(12)15/h4-6,8-9,18H,7,15H2,1-3H3,(H,16,19). The van der Waals surface area contributed by atoms with Crippen molar-refractivity contribution in [3.8, 4) is 0 Å². The summed E-state index contributed by atoms with van der Waals surface area (Å²) in [7, 11) is 1.74. The molecule has 2 unspecified atom stereocenters. The summed E-state index contributed by atoms with van der Waals surface area (Å²) in [6, 6.07) is 3.37. The summed E-state index contributed by atoms with van der Waals surface area (Å²) in [5.41, 5.74) is 6.18. The van der Waals surface area contributed by atoms with Crippen molar-refractivity contribution in [1.29, 1.82) is 0 Å². The molecule has 2 atom stereocenters. The van der Waals surface area contributed by atoms with Gasteiger partial charge in [0.2, 0.25) is 5.91 Å².